The summed E-state index contributed by atoms with van der Waals surface area (Å²) >= 11 is 9.50. The Bertz CT molecular complexity index is 579. The molecule has 2 rings (SSSR count). The number of nitrogens with one attached hydrogen (secondary N) is 1. The summed E-state index contributed by atoms with van der Waals surface area (Å²) in [6.45, 7) is 6.12. The quantitative estimate of drug-likeness (QED) is 0.793. The van der Waals surface area contributed by atoms with Crippen molar-refractivity contribution >= 4 is 39.0 Å². The SMILES string of the molecule is Cc1cc(Br)cc(Nc2cc(Cl)nc(C(C)C)n2)c1. The van der Waals surface area contributed by atoms with Crippen LogP contribution in [0.2, 0.25) is 5.15 Å². The molecule has 1 N–H and O–H groups in total. The molecule has 0 bridgehead atoms. The highest BCUT2D eigenvalue weighted by Gasteiger charge is 2.07. The van der Waals surface area contributed by atoms with Crippen LogP contribution in [-0.4, -0.2) is 9.97 Å². The molecular formula is C14H15BrClN3. The van der Waals surface area contributed by atoms with E-state index in [0.29, 0.717) is 11.0 Å². The molecule has 1 aromatic carbocycles. The molecule has 0 spiro atoms. The minimum Gasteiger partial charge on any atom is -0.340 e. The van der Waals surface area contributed by atoms with Crippen molar-refractivity contribution in [1.82, 2.24) is 9.97 Å². The summed E-state index contributed by atoms with van der Waals surface area (Å²) < 4.78 is 1.03. The number of nitrogens with zero attached hydrogens (tertiary/aromatic N) is 2. The molecule has 0 aliphatic carbocycles. The van der Waals surface area contributed by atoms with Crippen molar-refractivity contribution in [1.29, 1.82) is 0 Å². The Morgan fingerprint density at radius 1 is 1.16 bits per heavy atom. The van der Waals surface area contributed by atoms with Gasteiger partial charge in [0.25, 0.3) is 0 Å². The first-order valence-electron chi connectivity index (χ1n) is 6.03. The van der Waals surface area contributed by atoms with E-state index in [1.165, 1.54) is 5.56 Å². The Kier molecular flexibility index (Phi) is 4.42. The Hall–Kier alpha value is -1.13. The monoisotopic (exact) mass is 339 g/mol. The number of rotatable bonds is 3. The molecule has 19 heavy (non-hydrogen) atoms. The third-order valence-electron chi connectivity index (χ3n) is 2.54. The van der Waals surface area contributed by atoms with Crippen LogP contribution in [0.3, 0.4) is 0 Å². The van der Waals surface area contributed by atoms with Crippen LogP contribution in [0.15, 0.2) is 28.7 Å². The van der Waals surface area contributed by atoms with Gasteiger partial charge in [-0.3, -0.25) is 0 Å². The standard InChI is InChI=1S/C14H15BrClN3/c1-8(2)14-18-12(16)7-13(19-14)17-11-5-9(3)4-10(15)6-11/h4-8H,1-3H3,(H,17,18,19). The highest BCUT2D eigenvalue weighted by Crippen LogP contribution is 2.24. The Labute approximate surface area is 126 Å². The number of aryl methyl sites for hydroxylation is 1. The van der Waals surface area contributed by atoms with Crippen LogP contribution in [-0.2, 0) is 0 Å². The zero-order chi connectivity index (χ0) is 14.0. The first-order valence-corrected chi connectivity index (χ1v) is 7.20. The maximum Gasteiger partial charge on any atom is 0.135 e. The fraction of sp³-hybridized carbons (Fsp3) is 0.286. The van der Waals surface area contributed by atoms with Crippen molar-refractivity contribution in [3.05, 3.63) is 45.3 Å². The van der Waals surface area contributed by atoms with Crippen LogP contribution in [0.1, 0.15) is 31.2 Å². The van der Waals surface area contributed by atoms with Gasteiger partial charge in [0, 0.05) is 22.1 Å². The van der Waals surface area contributed by atoms with E-state index < -0.39 is 0 Å². The largest absolute Gasteiger partial charge is 0.340 e. The second-order valence-electron chi connectivity index (χ2n) is 4.73. The third-order valence-corrected chi connectivity index (χ3v) is 3.19. The summed E-state index contributed by atoms with van der Waals surface area (Å²) in [6.07, 6.45) is 0. The van der Waals surface area contributed by atoms with Crippen molar-refractivity contribution in [2.75, 3.05) is 5.32 Å². The predicted molar refractivity (Wildman–Crippen MR) is 83.3 cm³/mol. The second-order valence-corrected chi connectivity index (χ2v) is 6.03. The zero-order valence-electron chi connectivity index (χ0n) is 11.0. The van der Waals surface area contributed by atoms with Crippen molar-refractivity contribution in [2.45, 2.75) is 26.7 Å². The van der Waals surface area contributed by atoms with E-state index in [4.69, 9.17) is 11.6 Å². The van der Waals surface area contributed by atoms with Crippen LogP contribution >= 0.6 is 27.5 Å². The van der Waals surface area contributed by atoms with E-state index in [1.807, 2.05) is 26.8 Å². The van der Waals surface area contributed by atoms with Crippen molar-refractivity contribution < 1.29 is 0 Å². The Balaban J connectivity index is 2.32. The molecule has 0 aliphatic heterocycles. The molecule has 0 fully saturated rings. The van der Waals surface area contributed by atoms with Crippen LogP contribution in [0, 0.1) is 6.92 Å². The molecule has 0 aliphatic rings. The molecule has 0 amide bonds. The summed E-state index contributed by atoms with van der Waals surface area (Å²) in [5, 5.41) is 3.71. The van der Waals surface area contributed by atoms with Gasteiger partial charge in [0.15, 0.2) is 0 Å². The van der Waals surface area contributed by atoms with Gasteiger partial charge in [-0.25, -0.2) is 9.97 Å². The number of hydrogen-bond acceptors (Lipinski definition) is 3. The molecule has 2 aromatic rings. The molecule has 1 heterocycles. The topological polar surface area (TPSA) is 37.8 Å². The molecule has 0 atom stereocenters. The van der Waals surface area contributed by atoms with Gasteiger partial charge in [-0.15, -0.1) is 0 Å². The van der Waals surface area contributed by atoms with E-state index in [1.54, 1.807) is 6.07 Å². The van der Waals surface area contributed by atoms with Crippen LogP contribution in [0.5, 0.6) is 0 Å². The molecule has 0 saturated heterocycles. The maximum absolute atomic E-state index is 6.02. The summed E-state index contributed by atoms with van der Waals surface area (Å²) in [6, 6.07) is 7.83. The van der Waals surface area contributed by atoms with Gasteiger partial charge >= 0.3 is 0 Å². The highest BCUT2D eigenvalue weighted by molar-refractivity contribution is 9.10. The first-order chi connectivity index (χ1) is 8.94. The summed E-state index contributed by atoms with van der Waals surface area (Å²) in [5.74, 6) is 1.69. The van der Waals surface area contributed by atoms with Gasteiger partial charge in [0.1, 0.15) is 16.8 Å². The lowest BCUT2D eigenvalue weighted by Gasteiger charge is -2.10. The minimum atomic E-state index is 0.239. The van der Waals surface area contributed by atoms with Crippen LogP contribution < -0.4 is 5.32 Å². The third kappa shape index (κ3) is 3.91. The fourth-order valence-corrected chi connectivity index (χ4v) is 2.51. The van der Waals surface area contributed by atoms with Crippen LogP contribution in [0.4, 0.5) is 11.5 Å². The van der Waals surface area contributed by atoms with E-state index in [2.05, 4.69) is 43.3 Å². The lowest BCUT2D eigenvalue weighted by molar-refractivity contribution is 0.776. The zero-order valence-corrected chi connectivity index (χ0v) is 13.4. The van der Waals surface area contributed by atoms with Crippen molar-refractivity contribution in [3.8, 4) is 0 Å². The van der Waals surface area contributed by atoms with E-state index >= 15 is 0 Å². The van der Waals surface area contributed by atoms with E-state index in [-0.39, 0.29) is 5.92 Å². The number of aromatic nitrogens is 2. The van der Waals surface area contributed by atoms with E-state index in [9.17, 15) is 0 Å². The molecular weight excluding hydrogens is 326 g/mol. The fourth-order valence-electron chi connectivity index (χ4n) is 1.71. The number of hydrogen-bond donors (Lipinski definition) is 1. The first kappa shape index (κ1) is 14.3. The summed E-state index contributed by atoms with van der Waals surface area (Å²) in [4.78, 5) is 8.68. The number of anilines is 2. The molecule has 0 radical (unpaired) electrons. The van der Waals surface area contributed by atoms with Gasteiger partial charge in [0.05, 0.1) is 0 Å². The molecule has 0 saturated carbocycles. The van der Waals surface area contributed by atoms with Gasteiger partial charge < -0.3 is 5.32 Å². The number of halogens is 2. The molecule has 5 heteroatoms. The van der Waals surface area contributed by atoms with Gasteiger partial charge in [-0.05, 0) is 30.7 Å². The summed E-state index contributed by atoms with van der Waals surface area (Å²) in [5.41, 5.74) is 2.14. The number of benzene rings is 1. The second kappa shape index (κ2) is 5.88. The Morgan fingerprint density at radius 2 is 1.89 bits per heavy atom. The van der Waals surface area contributed by atoms with Crippen molar-refractivity contribution in [3.63, 3.8) is 0 Å². The predicted octanol–water partition coefficient (Wildman–Crippen LogP) is 5.07. The normalized spacial score (nSPS) is 10.8. The van der Waals surface area contributed by atoms with Gasteiger partial charge in [-0.1, -0.05) is 41.4 Å². The smallest absolute Gasteiger partial charge is 0.135 e. The lowest BCUT2D eigenvalue weighted by Crippen LogP contribution is -2.02. The molecule has 3 nitrogen and oxygen atoms in total. The average molecular weight is 341 g/mol. The lowest BCUT2D eigenvalue weighted by atomic mass is 10.2. The Morgan fingerprint density at radius 3 is 2.53 bits per heavy atom. The van der Waals surface area contributed by atoms with Gasteiger partial charge in [-0.2, -0.15) is 0 Å². The molecule has 100 valence electrons. The maximum atomic E-state index is 6.02. The van der Waals surface area contributed by atoms with Crippen molar-refractivity contribution in [2.24, 2.45) is 0 Å². The average Bonchev–Trinajstić information content (AvgIpc) is 2.26. The van der Waals surface area contributed by atoms with Gasteiger partial charge in [0.2, 0.25) is 0 Å². The summed E-state index contributed by atoms with van der Waals surface area (Å²) in [7, 11) is 0. The highest BCUT2D eigenvalue weighted by atomic mass is 79.9. The molecule has 1 aromatic heterocycles. The minimum absolute atomic E-state index is 0.239. The molecule has 0 unspecified atom stereocenters. The van der Waals surface area contributed by atoms with Crippen LogP contribution in [0.25, 0.3) is 0 Å². The van der Waals surface area contributed by atoms with E-state index in [0.717, 1.165) is 16.0 Å².